The fourth-order valence-electron chi connectivity index (χ4n) is 2.35. The van der Waals surface area contributed by atoms with Crippen LogP contribution < -0.4 is 0 Å². The lowest BCUT2D eigenvalue weighted by molar-refractivity contribution is 0.574. The largest absolute Gasteiger partial charge is 0.283 e. The van der Waals surface area contributed by atoms with Gasteiger partial charge in [-0.3, -0.25) is 4.40 Å². The number of rotatable bonds is 2. The molecule has 118 valence electrons. The summed E-state index contributed by atoms with van der Waals surface area (Å²) in [5.41, 5.74) is 3.33. The van der Waals surface area contributed by atoms with Gasteiger partial charge in [0.2, 0.25) is 0 Å². The molecule has 1 aromatic carbocycles. The van der Waals surface area contributed by atoms with Gasteiger partial charge in [0.15, 0.2) is 5.82 Å². The van der Waals surface area contributed by atoms with Crippen molar-refractivity contribution in [2.75, 3.05) is 0 Å². The number of hydrogen-bond acceptors (Lipinski definition) is 3. The molecule has 3 aromatic rings. The van der Waals surface area contributed by atoms with Gasteiger partial charge in [-0.25, -0.2) is 9.37 Å². The molecule has 0 spiro atoms. The van der Waals surface area contributed by atoms with E-state index in [-0.39, 0.29) is 11.2 Å². The quantitative estimate of drug-likeness (QED) is 0.577. The molecule has 0 amide bonds. The van der Waals surface area contributed by atoms with E-state index in [0.717, 1.165) is 16.9 Å². The number of aromatic nitrogens is 2. The molecule has 0 bridgehead atoms. The highest BCUT2D eigenvalue weighted by molar-refractivity contribution is 5.55. The lowest BCUT2D eigenvalue weighted by atomic mass is 9.92. The lowest BCUT2D eigenvalue weighted by Crippen LogP contribution is -2.11. The summed E-state index contributed by atoms with van der Waals surface area (Å²) in [4.78, 5) is 4.72. The van der Waals surface area contributed by atoms with E-state index < -0.39 is 0 Å². The summed E-state index contributed by atoms with van der Waals surface area (Å²) in [5.74, 6) is 0.418. The Balaban J connectivity index is 2.12. The molecule has 0 saturated heterocycles. The van der Waals surface area contributed by atoms with Crippen LogP contribution in [0.5, 0.6) is 0 Å². The molecule has 0 aliphatic carbocycles. The Morgan fingerprint density at radius 1 is 1.04 bits per heavy atom. The van der Waals surface area contributed by atoms with Crippen molar-refractivity contribution in [3.05, 3.63) is 59.7 Å². The molecule has 0 aliphatic heterocycles. The molecule has 2 heterocycles. The molecule has 4 nitrogen and oxygen atoms in total. The number of fused-ring (bicyclic) bond motifs is 1. The summed E-state index contributed by atoms with van der Waals surface area (Å²) in [6.45, 7) is 8.32. The van der Waals surface area contributed by atoms with Gasteiger partial charge in [0, 0.05) is 11.6 Å². The van der Waals surface area contributed by atoms with Gasteiger partial charge >= 0.3 is 0 Å². The Morgan fingerprint density at radius 3 is 2.39 bits per heavy atom. The molecule has 0 fully saturated rings. The molecule has 0 saturated carbocycles. The third-order valence-electron chi connectivity index (χ3n) is 3.55. The van der Waals surface area contributed by atoms with E-state index in [2.05, 4.69) is 31.0 Å². The van der Waals surface area contributed by atoms with Gasteiger partial charge in [0.1, 0.15) is 11.5 Å². The predicted molar refractivity (Wildman–Crippen MR) is 89.2 cm³/mol. The lowest BCUT2D eigenvalue weighted by Gasteiger charge is -2.15. The summed E-state index contributed by atoms with van der Waals surface area (Å²) in [6.07, 6.45) is 1.95. The smallest absolute Gasteiger partial charge is 0.183 e. The van der Waals surface area contributed by atoms with Crippen molar-refractivity contribution >= 4 is 17.2 Å². The van der Waals surface area contributed by atoms with Crippen LogP contribution in [-0.4, -0.2) is 9.38 Å². The molecular weight excluding hydrogens is 291 g/mol. The Morgan fingerprint density at radius 2 is 1.74 bits per heavy atom. The van der Waals surface area contributed by atoms with Crippen molar-refractivity contribution in [1.29, 1.82) is 0 Å². The number of benzene rings is 1. The summed E-state index contributed by atoms with van der Waals surface area (Å²) in [7, 11) is 0. The molecule has 0 aliphatic rings. The molecule has 0 N–H and O–H groups in total. The fourth-order valence-corrected chi connectivity index (χ4v) is 2.35. The molecule has 0 unspecified atom stereocenters. The van der Waals surface area contributed by atoms with Crippen LogP contribution in [0.15, 0.2) is 52.8 Å². The van der Waals surface area contributed by atoms with E-state index >= 15 is 0 Å². The number of hydrogen-bond donors (Lipinski definition) is 0. The molecule has 3 rings (SSSR count). The van der Waals surface area contributed by atoms with Gasteiger partial charge in [-0.1, -0.05) is 20.8 Å². The van der Waals surface area contributed by atoms with Gasteiger partial charge in [0.05, 0.1) is 11.4 Å². The Kier molecular flexibility index (Phi) is 3.72. The van der Waals surface area contributed by atoms with Gasteiger partial charge in [-0.15, -0.1) is 10.2 Å². The second-order valence-electron chi connectivity index (χ2n) is 6.64. The highest BCUT2D eigenvalue weighted by atomic mass is 19.1. The zero-order chi connectivity index (χ0) is 16.6. The molecule has 23 heavy (non-hydrogen) atoms. The highest BCUT2D eigenvalue weighted by Gasteiger charge is 2.24. The number of pyridine rings is 1. The van der Waals surface area contributed by atoms with Crippen LogP contribution in [-0.2, 0) is 5.41 Å². The molecule has 5 heteroatoms. The Labute approximate surface area is 134 Å². The minimum Gasteiger partial charge on any atom is -0.283 e. The van der Waals surface area contributed by atoms with Gasteiger partial charge in [0.25, 0.3) is 0 Å². The van der Waals surface area contributed by atoms with Crippen molar-refractivity contribution < 1.29 is 4.39 Å². The van der Waals surface area contributed by atoms with E-state index in [1.54, 1.807) is 12.1 Å². The second kappa shape index (κ2) is 5.57. The maximum Gasteiger partial charge on any atom is 0.183 e. The van der Waals surface area contributed by atoms with E-state index in [4.69, 9.17) is 4.98 Å². The number of aryl methyl sites for hydroxylation is 1. The second-order valence-corrected chi connectivity index (χ2v) is 6.64. The first-order chi connectivity index (χ1) is 10.8. The van der Waals surface area contributed by atoms with Crippen LogP contribution in [0.1, 0.15) is 32.0 Å². The minimum atomic E-state index is -0.287. The SMILES string of the molecule is Cc1ccn2c(N=Nc3ccc(F)cc3)c(C(C)(C)C)nc2c1. The van der Waals surface area contributed by atoms with Crippen molar-refractivity contribution in [2.24, 2.45) is 10.2 Å². The topological polar surface area (TPSA) is 42.0 Å². The van der Waals surface area contributed by atoms with E-state index in [0.29, 0.717) is 11.5 Å². The average molecular weight is 310 g/mol. The van der Waals surface area contributed by atoms with Crippen LogP contribution >= 0.6 is 0 Å². The number of imidazole rings is 1. The number of azo groups is 1. The van der Waals surface area contributed by atoms with Crippen molar-refractivity contribution in [1.82, 2.24) is 9.38 Å². The number of halogens is 1. The Bertz CT molecular complexity index is 870. The monoisotopic (exact) mass is 310 g/mol. The third-order valence-corrected chi connectivity index (χ3v) is 3.55. The maximum atomic E-state index is 13.0. The first-order valence-corrected chi connectivity index (χ1v) is 7.51. The number of nitrogens with zero attached hydrogens (tertiary/aromatic N) is 4. The molecule has 2 aromatic heterocycles. The summed E-state index contributed by atoms with van der Waals surface area (Å²) < 4.78 is 14.9. The molecule has 0 radical (unpaired) electrons. The minimum absolute atomic E-state index is 0.156. The van der Waals surface area contributed by atoms with E-state index in [1.807, 2.05) is 29.7 Å². The Hall–Kier alpha value is -2.56. The van der Waals surface area contributed by atoms with Crippen LogP contribution in [0.25, 0.3) is 5.65 Å². The maximum absolute atomic E-state index is 13.0. The van der Waals surface area contributed by atoms with Gasteiger partial charge in [-0.05, 0) is 48.9 Å². The molecule has 0 atom stereocenters. The normalized spacial score (nSPS) is 12.4. The van der Waals surface area contributed by atoms with E-state index in [1.165, 1.54) is 12.1 Å². The fraction of sp³-hybridized carbons (Fsp3) is 0.278. The first-order valence-electron chi connectivity index (χ1n) is 7.51. The first kappa shape index (κ1) is 15.3. The predicted octanol–water partition coefficient (Wildman–Crippen LogP) is 5.49. The molecular formula is C18H19FN4. The average Bonchev–Trinajstić information content (AvgIpc) is 2.84. The summed E-state index contributed by atoms with van der Waals surface area (Å²) in [5, 5.41) is 8.63. The van der Waals surface area contributed by atoms with Crippen molar-refractivity contribution in [2.45, 2.75) is 33.1 Å². The van der Waals surface area contributed by atoms with Crippen LogP contribution in [0.4, 0.5) is 15.9 Å². The van der Waals surface area contributed by atoms with E-state index in [9.17, 15) is 4.39 Å². The summed E-state index contributed by atoms with van der Waals surface area (Å²) >= 11 is 0. The third kappa shape index (κ3) is 3.13. The van der Waals surface area contributed by atoms with Crippen LogP contribution in [0.2, 0.25) is 0 Å². The van der Waals surface area contributed by atoms with Crippen LogP contribution in [0.3, 0.4) is 0 Å². The summed E-state index contributed by atoms with van der Waals surface area (Å²) in [6, 6.07) is 9.98. The van der Waals surface area contributed by atoms with Crippen molar-refractivity contribution in [3.63, 3.8) is 0 Å². The zero-order valence-electron chi connectivity index (χ0n) is 13.7. The van der Waals surface area contributed by atoms with Crippen molar-refractivity contribution in [3.8, 4) is 0 Å². The van der Waals surface area contributed by atoms with Gasteiger partial charge in [-0.2, -0.15) is 0 Å². The highest BCUT2D eigenvalue weighted by Crippen LogP contribution is 2.33. The van der Waals surface area contributed by atoms with Crippen LogP contribution in [0, 0.1) is 12.7 Å². The zero-order valence-corrected chi connectivity index (χ0v) is 13.7. The van der Waals surface area contributed by atoms with Gasteiger partial charge < -0.3 is 0 Å². The standard InChI is InChI=1S/C18H19FN4/c1-12-9-10-23-15(11-12)20-16(18(2,3)4)17(23)22-21-14-7-5-13(19)6-8-14/h5-11H,1-4H3.